The molecule has 2 rings (SSSR count). The van der Waals surface area contributed by atoms with Gasteiger partial charge in [0.15, 0.2) is 0 Å². The van der Waals surface area contributed by atoms with Crippen LogP contribution in [0, 0.1) is 3.57 Å². The molecule has 1 unspecified atom stereocenters. The fourth-order valence-electron chi connectivity index (χ4n) is 2.20. The molecule has 19 heavy (non-hydrogen) atoms. The summed E-state index contributed by atoms with van der Waals surface area (Å²) in [5.41, 5.74) is 1.22. The number of aromatic nitrogens is 2. The fourth-order valence-corrected chi connectivity index (χ4v) is 4.11. The minimum Gasteiger partial charge on any atom is -0.369 e. The predicted octanol–water partition coefficient (Wildman–Crippen LogP) is 4.42. The number of nitrogens with zero attached hydrogens (tertiary/aromatic N) is 2. The van der Waals surface area contributed by atoms with Crippen LogP contribution in [0.25, 0.3) is 0 Å². The highest BCUT2D eigenvalue weighted by molar-refractivity contribution is 14.1. The van der Waals surface area contributed by atoms with Gasteiger partial charge in [0.1, 0.15) is 11.6 Å². The molecule has 1 N–H and O–H groups in total. The third kappa shape index (κ3) is 3.97. The topological polar surface area (TPSA) is 37.8 Å². The van der Waals surface area contributed by atoms with Crippen LogP contribution in [0.15, 0.2) is 0 Å². The summed E-state index contributed by atoms with van der Waals surface area (Å²) in [6.45, 7) is 5.37. The van der Waals surface area contributed by atoms with Crippen LogP contribution in [0.1, 0.15) is 56.3 Å². The van der Waals surface area contributed by atoms with E-state index in [2.05, 4.69) is 41.8 Å². The van der Waals surface area contributed by atoms with Crippen molar-refractivity contribution < 1.29 is 0 Å². The van der Waals surface area contributed by atoms with E-state index in [0.717, 1.165) is 37.4 Å². The van der Waals surface area contributed by atoms with Gasteiger partial charge >= 0.3 is 0 Å². The van der Waals surface area contributed by atoms with Gasteiger partial charge in [-0.3, -0.25) is 0 Å². The van der Waals surface area contributed by atoms with E-state index >= 15 is 0 Å². The molecule has 2 heterocycles. The summed E-state index contributed by atoms with van der Waals surface area (Å²) in [5, 5.41) is 3.97. The van der Waals surface area contributed by atoms with Crippen molar-refractivity contribution >= 4 is 40.2 Å². The molecule has 0 radical (unpaired) electrons. The van der Waals surface area contributed by atoms with Crippen molar-refractivity contribution in [1.29, 1.82) is 0 Å². The number of thioether (sulfide) groups is 1. The zero-order valence-corrected chi connectivity index (χ0v) is 14.7. The summed E-state index contributed by atoms with van der Waals surface area (Å²) in [6, 6.07) is 0. The maximum atomic E-state index is 4.83. The van der Waals surface area contributed by atoms with Crippen molar-refractivity contribution in [2.24, 2.45) is 0 Å². The Morgan fingerprint density at radius 1 is 1.32 bits per heavy atom. The molecule has 3 nitrogen and oxygen atoms in total. The Morgan fingerprint density at radius 2 is 2.16 bits per heavy atom. The van der Waals surface area contributed by atoms with Gasteiger partial charge in [-0.2, -0.15) is 11.8 Å². The third-order valence-corrected chi connectivity index (χ3v) is 5.69. The Balaban J connectivity index is 2.29. The predicted molar refractivity (Wildman–Crippen MR) is 92.0 cm³/mol. The lowest BCUT2D eigenvalue weighted by molar-refractivity contribution is 0.753. The van der Waals surface area contributed by atoms with E-state index in [-0.39, 0.29) is 0 Å². The first-order chi connectivity index (χ1) is 9.26. The van der Waals surface area contributed by atoms with E-state index in [1.165, 1.54) is 27.9 Å². The van der Waals surface area contributed by atoms with Gasteiger partial charge in [0.2, 0.25) is 0 Å². The summed E-state index contributed by atoms with van der Waals surface area (Å²) >= 11 is 4.39. The summed E-state index contributed by atoms with van der Waals surface area (Å²) in [6.07, 6.45) is 5.83. The van der Waals surface area contributed by atoms with Gasteiger partial charge in [-0.1, -0.05) is 20.3 Å². The molecule has 0 spiro atoms. The van der Waals surface area contributed by atoms with E-state index in [0.29, 0.717) is 5.25 Å². The van der Waals surface area contributed by atoms with E-state index in [1.807, 2.05) is 11.8 Å². The summed E-state index contributed by atoms with van der Waals surface area (Å²) < 4.78 is 1.21. The van der Waals surface area contributed by atoms with E-state index in [9.17, 15) is 0 Å². The second-order valence-corrected chi connectivity index (χ2v) is 7.26. The van der Waals surface area contributed by atoms with Crippen LogP contribution in [-0.2, 0) is 6.42 Å². The Bertz CT molecular complexity index is 419. The molecule has 0 bridgehead atoms. The van der Waals surface area contributed by atoms with Crippen LogP contribution in [0.5, 0.6) is 0 Å². The summed E-state index contributed by atoms with van der Waals surface area (Å²) in [5.74, 6) is 3.34. The molecule has 106 valence electrons. The number of halogens is 1. The monoisotopic (exact) mass is 391 g/mol. The Labute approximate surface area is 133 Å². The number of anilines is 1. The van der Waals surface area contributed by atoms with Crippen molar-refractivity contribution in [3.8, 4) is 0 Å². The lowest BCUT2D eigenvalue weighted by Gasteiger charge is -2.15. The molecule has 1 aliphatic heterocycles. The minimum absolute atomic E-state index is 0.509. The van der Waals surface area contributed by atoms with Gasteiger partial charge in [0, 0.05) is 6.54 Å². The number of nitrogens with one attached hydrogen (secondary N) is 1. The van der Waals surface area contributed by atoms with E-state index in [1.54, 1.807) is 0 Å². The Kier molecular flexibility index (Phi) is 6.19. The lowest BCUT2D eigenvalue weighted by atomic mass is 10.2. The molecule has 1 fully saturated rings. The molecule has 1 saturated heterocycles. The van der Waals surface area contributed by atoms with Crippen LogP contribution < -0.4 is 5.32 Å². The molecular formula is C14H22IN3S. The highest BCUT2D eigenvalue weighted by atomic mass is 127. The molecular weight excluding hydrogens is 369 g/mol. The molecule has 0 amide bonds. The van der Waals surface area contributed by atoms with Crippen molar-refractivity contribution in [3.63, 3.8) is 0 Å². The second-order valence-electron chi connectivity index (χ2n) is 4.87. The average Bonchev–Trinajstić information content (AvgIpc) is 2.94. The van der Waals surface area contributed by atoms with Crippen LogP contribution >= 0.6 is 34.4 Å². The Morgan fingerprint density at radius 3 is 2.79 bits per heavy atom. The zero-order valence-electron chi connectivity index (χ0n) is 11.7. The molecule has 0 aromatic carbocycles. The molecule has 0 aliphatic carbocycles. The van der Waals surface area contributed by atoms with Gasteiger partial charge in [0.05, 0.1) is 14.5 Å². The van der Waals surface area contributed by atoms with E-state index < -0.39 is 0 Å². The van der Waals surface area contributed by atoms with Crippen molar-refractivity contribution in [2.75, 3.05) is 17.6 Å². The van der Waals surface area contributed by atoms with Crippen LogP contribution in [0.4, 0.5) is 5.82 Å². The highest BCUT2D eigenvalue weighted by Crippen LogP contribution is 2.39. The maximum Gasteiger partial charge on any atom is 0.144 e. The second kappa shape index (κ2) is 7.67. The normalized spacial score (nSPS) is 18.8. The summed E-state index contributed by atoms with van der Waals surface area (Å²) in [7, 11) is 0. The molecule has 1 atom stereocenters. The SMILES string of the molecule is CCCNc1nc(C2CCCS2)nc(CCC)c1I. The van der Waals surface area contributed by atoms with E-state index in [4.69, 9.17) is 9.97 Å². The first-order valence-corrected chi connectivity index (χ1v) is 9.30. The van der Waals surface area contributed by atoms with Crippen molar-refractivity contribution in [3.05, 3.63) is 15.1 Å². The first kappa shape index (κ1) is 15.4. The Hall–Kier alpha value is -0.0400. The number of aryl methyl sites for hydroxylation is 1. The average molecular weight is 391 g/mol. The van der Waals surface area contributed by atoms with Gasteiger partial charge in [0.25, 0.3) is 0 Å². The quantitative estimate of drug-likeness (QED) is 0.729. The number of hydrogen-bond acceptors (Lipinski definition) is 4. The van der Waals surface area contributed by atoms with Gasteiger partial charge in [-0.25, -0.2) is 9.97 Å². The fraction of sp³-hybridized carbons (Fsp3) is 0.714. The number of rotatable bonds is 6. The van der Waals surface area contributed by atoms with Gasteiger partial charge < -0.3 is 5.32 Å². The molecule has 1 aromatic heterocycles. The van der Waals surface area contributed by atoms with Crippen LogP contribution in [-0.4, -0.2) is 22.3 Å². The van der Waals surface area contributed by atoms with Gasteiger partial charge in [-0.05, 0) is 54.0 Å². The third-order valence-electron chi connectivity index (χ3n) is 3.18. The van der Waals surface area contributed by atoms with Gasteiger partial charge in [-0.15, -0.1) is 0 Å². The molecule has 1 aromatic rings. The summed E-state index contributed by atoms with van der Waals surface area (Å²) in [4.78, 5) is 9.62. The highest BCUT2D eigenvalue weighted by Gasteiger charge is 2.22. The number of hydrogen-bond donors (Lipinski definition) is 1. The van der Waals surface area contributed by atoms with Crippen LogP contribution in [0.2, 0.25) is 0 Å². The molecule has 5 heteroatoms. The van der Waals surface area contributed by atoms with Crippen molar-refractivity contribution in [1.82, 2.24) is 9.97 Å². The smallest absolute Gasteiger partial charge is 0.144 e. The zero-order chi connectivity index (χ0) is 13.7. The first-order valence-electron chi connectivity index (χ1n) is 7.18. The van der Waals surface area contributed by atoms with Crippen LogP contribution in [0.3, 0.4) is 0 Å². The lowest BCUT2D eigenvalue weighted by Crippen LogP contribution is -2.11. The standard InChI is InChI=1S/C14H22IN3S/c1-3-6-10-12(15)14(16-8-4-2)18-13(17-10)11-7-5-9-19-11/h11H,3-9H2,1-2H3,(H,16,17,18). The van der Waals surface area contributed by atoms with Crippen molar-refractivity contribution in [2.45, 2.75) is 51.2 Å². The minimum atomic E-state index is 0.509. The maximum absolute atomic E-state index is 4.83. The molecule has 0 saturated carbocycles. The molecule has 1 aliphatic rings. The largest absolute Gasteiger partial charge is 0.369 e.